The van der Waals surface area contributed by atoms with Crippen LogP contribution in [0, 0.1) is 5.82 Å². The fourth-order valence-electron chi connectivity index (χ4n) is 1.56. The molecule has 106 valence electrons. The lowest BCUT2D eigenvalue weighted by molar-refractivity contribution is 0.628. The summed E-state index contributed by atoms with van der Waals surface area (Å²) in [5.41, 5.74) is 0.579. The highest BCUT2D eigenvalue weighted by Gasteiger charge is 2.10. The molecule has 0 saturated carbocycles. The highest BCUT2D eigenvalue weighted by Crippen LogP contribution is 2.31. The summed E-state index contributed by atoms with van der Waals surface area (Å²) in [5, 5.41) is 6.80. The molecule has 1 aromatic carbocycles. The Balaban J connectivity index is 2.32. The SMILES string of the molecule is CCNc1nc(Nc2ccc(F)c(Cl)c2)c(Cl)cc1Cl. The first-order valence-electron chi connectivity index (χ1n) is 5.83. The van der Waals surface area contributed by atoms with Crippen molar-refractivity contribution in [3.8, 4) is 0 Å². The topological polar surface area (TPSA) is 37.0 Å². The van der Waals surface area contributed by atoms with E-state index in [9.17, 15) is 4.39 Å². The lowest BCUT2D eigenvalue weighted by Gasteiger charge is -2.12. The highest BCUT2D eigenvalue weighted by molar-refractivity contribution is 6.37. The first-order chi connectivity index (χ1) is 9.51. The van der Waals surface area contributed by atoms with E-state index in [4.69, 9.17) is 34.8 Å². The summed E-state index contributed by atoms with van der Waals surface area (Å²) in [6.07, 6.45) is 0. The molecule has 1 heterocycles. The van der Waals surface area contributed by atoms with Crippen molar-refractivity contribution in [2.75, 3.05) is 17.2 Å². The van der Waals surface area contributed by atoms with Crippen LogP contribution < -0.4 is 10.6 Å². The Hall–Kier alpha value is -1.23. The van der Waals surface area contributed by atoms with Crippen molar-refractivity contribution in [3.63, 3.8) is 0 Å². The van der Waals surface area contributed by atoms with E-state index < -0.39 is 5.82 Å². The van der Waals surface area contributed by atoms with Crippen LogP contribution in [0.15, 0.2) is 24.3 Å². The van der Waals surface area contributed by atoms with Gasteiger partial charge in [0.25, 0.3) is 0 Å². The van der Waals surface area contributed by atoms with Crippen molar-refractivity contribution >= 4 is 52.1 Å². The number of halogens is 4. The van der Waals surface area contributed by atoms with Gasteiger partial charge in [0.1, 0.15) is 11.6 Å². The molecule has 2 N–H and O–H groups in total. The van der Waals surface area contributed by atoms with Crippen LogP contribution in [0.3, 0.4) is 0 Å². The fraction of sp³-hybridized carbons (Fsp3) is 0.154. The number of hydrogen-bond acceptors (Lipinski definition) is 3. The van der Waals surface area contributed by atoms with Crippen molar-refractivity contribution in [2.24, 2.45) is 0 Å². The van der Waals surface area contributed by atoms with E-state index >= 15 is 0 Å². The summed E-state index contributed by atoms with van der Waals surface area (Å²) in [5.74, 6) is 0.449. The maximum Gasteiger partial charge on any atom is 0.151 e. The molecule has 0 aliphatic heterocycles. The van der Waals surface area contributed by atoms with Crippen LogP contribution in [0.25, 0.3) is 0 Å². The van der Waals surface area contributed by atoms with Crippen LogP contribution in [-0.4, -0.2) is 11.5 Å². The molecule has 1 aromatic heterocycles. The minimum Gasteiger partial charge on any atom is -0.369 e. The number of nitrogens with one attached hydrogen (secondary N) is 2. The zero-order valence-corrected chi connectivity index (χ0v) is 12.7. The lowest BCUT2D eigenvalue weighted by atomic mass is 10.3. The molecule has 0 atom stereocenters. The standard InChI is InChI=1S/C13H11Cl3FN3/c1-2-18-12-9(15)6-10(16)13(20-12)19-7-3-4-11(17)8(14)5-7/h3-6H,2H2,1H3,(H2,18,19,20). The van der Waals surface area contributed by atoms with E-state index in [1.807, 2.05) is 6.92 Å². The van der Waals surface area contributed by atoms with E-state index in [0.717, 1.165) is 0 Å². The predicted molar refractivity (Wildman–Crippen MR) is 83.1 cm³/mol. The molecule has 0 spiro atoms. The normalized spacial score (nSPS) is 10.4. The number of anilines is 3. The summed E-state index contributed by atoms with van der Waals surface area (Å²) < 4.78 is 13.1. The van der Waals surface area contributed by atoms with Crippen molar-refractivity contribution in [1.29, 1.82) is 0 Å². The Morgan fingerprint density at radius 2 is 1.75 bits per heavy atom. The van der Waals surface area contributed by atoms with Crippen LogP contribution >= 0.6 is 34.8 Å². The zero-order chi connectivity index (χ0) is 14.7. The fourth-order valence-corrected chi connectivity index (χ4v) is 2.21. The van der Waals surface area contributed by atoms with Crippen LogP contribution in [0.2, 0.25) is 15.1 Å². The Morgan fingerprint density at radius 3 is 2.40 bits per heavy atom. The quantitative estimate of drug-likeness (QED) is 0.790. The van der Waals surface area contributed by atoms with E-state index in [1.54, 1.807) is 12.1 Å². The summed E-state index contributed by atoms with van der Waals surface area (Å²) in [6.45, 7) is 2.61. The summed E-state index contributed by atoms with van der Waals surface area (Å²) in [4.78, 5) is 4.29. The molecule has 0 radical (unpaired) electrons. The molecule has 0 bridgehead atoms. The van der Waals surface area contributed by atoms with E-state index in [0.29, 0.717) is 33.9 Å². The number of hydrogen-bond donors (Lipinski definition) is 2. The monoisotopic (exact) mass is 333 g/mol. The molecule has 0 unspecified atom stereocenters. The summed E-state index contributed by atoms with van der Waals surface area (Å²) >= 11 is 17.8. The molecule has 7 heteroatoms. The average Bonchev–Trinajstić information content (AvgIpc) is 2.39. The van der Waals surface area contributed by atoms with Gasteiger partial charge < -0.3 is 10.6 Å². The molecule has 0 aliphatic rings. The van der Waals surface area contributed by atoms with Crippen LogP contribution in [0.4, 0.5) is 21.7 Å². The minimum atomic E-state index is -0.485. The van der Waals surface area contributed by atoms with Gasteiger partial charge in [-0.3, -0.25) is 0 Å². The largest absolute Gasteiger partial charge is 0.369 e. The Bertz CT molecular complexity index is 634. The van der Waals surface area contributed by atoms with Gasteiger partial charge in [0, 0.05) is 12.2 Å². The van der Waals surface area contributed by atoms with Gasteiger partial charge in [0.05, 0.1) is 15.1 Å². The number of aromatic nitrogens is 1. The molecule has 20 heavy (non-hydrogen) atoms. The smallest absolute Gasteiger partial charge is 0.151 e. The van der Waals surface area contributed by atoms with Gasteiger partial charge in [-0.1, -0.05) is 34.8 Å². The third-order valence-corrected chi connectivity index (χ3v) is 3.32. The molecule has 2 rings (SSSR count). The Kier molecular flexibility index (Phi) is 4.91. The molecular formula is C13H11Cl3FN3. The van der Waals surface area contributed by atoms with Crippen LogP contribution in [-0.2, 0) is 0 Å². The second kappa shape index (κ2) is 6.48. The molecule has 0 saturated heterocycles. The van der Waals surface area contributed by atoms with E-state index in [1.165, 1.54) is 12.1 Å². The molecule has 0 aliphatic carbocycles. The van der Waals surface area contributed by atoms with Gasteiger partial charge in [-0.15, -0.1) is 0 Å². The third kappa shape index (κ3) is 3.45. The summed E-state index contributed by atoms with van der Waals surface area (Å²) in [7, 11) is 0. The van der Waals surface area contributed by atoms with Gasteiger partial charge >= 0.3 is 0 Å². The first-order valence-corrected chi connectivity index (χ1v) is 6.96. The van der Waals surface area contributed by atoms with Gasteiger partial charge in [-0.2, -0.15) is 0 Å². The molecule has 0 amide bonds. The van der Waals surface area contributed by atoms with Gasteiger partial charge in [0.15, 0.2) is 5.82 Å². The maximum absolute atomic E-state index is 13.1. The Labute approximate surface area is 131 Å². The van der Waals surface area contributed by atoms with Gasteiger partial charge in [-0.25, -0.2) is 9.37 Å². The third-order valence-electron chi connectivity index (χ3n) is 2.46. The van der Waals surface area contributed by atoms with E-state index in [2.05, 4.69) is 15.6 Å². The maximum atomic E-state index is 13.1. The van der Waals surface area contributed by atoms with Crippen molar-refractivity contribution in [2.45, 2.75) is 6.92 Å². The predicted octanol–water partition coefficient (Wildman–Crippen LogP) is 5.36. The van der Waals surface area contributed by atoms with Crippen molar-refractivity contribution in [1.82, 2.24) is 4.98 Å². The number of rotatable bonds is 4. The molecule has 0 fully saturated rings. The number of pyridine rings is 1. The van der Waals surface area contributed by atoms with Crippen molar-refractivity contribution < 1.29 is 4.39 Å². The molecule has 2 aromatic rings. The second-order valence-electron chi connectivity index (χ2n) is 3.93. The minimum absolute atomic E-state index is 0.0204. The van der Waals surface area contributed by atoms with Gasteiger partial charge in [-0.05, 0) is 31.2 Å². The lowest BCUT2D eigenvalue weighted by Crippen LogP contribution is -2.03. The van der Waals surface area contributed by atoms with Crippen LogP contribution in [0.5, 0.6) is 0 Å². The molecule has 3 nitrogen and oxygen atoms in total. The van der Waals surface area contributed by atoms with E-state index in [-0.39, 0.29) is 5.02 Å². The second-order valence-corrected chi connectivity index (χ2v) is 5.16. The van der Waals surface area contributed by atoms with Crippen molar-refractivity contribution in [3.05, 3.63) is 45.2 Å². The Morgan fingerprint density at radius 1 is 1.05 bits per heavy atom. The number of nitrogens with zero attached hydrogens (tertiary/aromatic N) is 1. The zero-order valence-electron chi connectivity index (χ0n) is 10.5. The van der Waals surface area contributed by atoms with Gasteiger partial charge in [0.2, 0.25) is 0 Å². The molecular weight excluding hydrogens is 324 g/mol. The summed E-state index contributed by atoms with van der Waals surface area (Å²) in [6, 6.07) is 5.85. The highest BCUT2D eigenvalue weighted by atomic mass is 35.5. The number of benzene rings is 1. The average molecular weight is 335 g/mol. The van der Waals surface area contributed by atoms with Crippen LogP contribution in [0.1, 0.15) is 6.92 Å². The first kappa shape index (κ1) is 15.2.